The van der Waals surface area contributed by atoms with Crippen molar-refractivity contribution in [1.82, 2.24) is 25.5 Å². The van der Waals surface area contributed by atoms with Crippen molar-refractivity contribution in [1.29, 1.82) is 5.26 Å². The number of nitrogens with one attached hydrogen (secondary N) is 3. The lowest BCUT2D eigenvalue weighted by molar-refractivity contribution is 0.0372. The average molecular weight is 356 g/mol. The molecule has 1 aliphatic heterocycles. The van der Waals surface area contributed by atoms with Crippen LogP contribution in [-0.4, -0.2) is 63.6 Å². The van der Waals surface area contributed by atoms with Gasteiger partial charge in [-0.3, -0.25) is 0 Å². The van der Waals surface area contributed by atoms with Crippen molar-refractivity contribution in [2.24, 2.45) is 0 Å². The summed E-state index contributed by atoms with van der Waals surface area (Å²) in [4.78, 5) is 19.3. The van der Waals surface area contributed by atoms with Crippen LogP contribution in [0.3, 0.4) is 0 Å². The number of hydrogen-bond acceptors (Lipinski definition) is 10. The van der Waals surface area contributed by atoms with Crippen molar-refractivity contribution in [3.05, 3.63) is 29.8 Å². The van der Waals surface area contributed by atoms with Crippen molar-refractivity contribution in [2.45, 2.75) is 6.10 Å². The number of anilines is 3. The maximum atomic E-state index is 11.4. The number of nitrogens with zero attached hydrogens (tertiary/aromatic N) is 5. The Morgan fingerprint density at radius 1 is 1.38 bits per heavy atom. The highest BCUT2D eigenvalue weighted by molar-refractivity contribution is 5.92. The molecule has 26 heavy (non-hydrogen) atoms. The van der Waals surface area contributed by atoms with E-state index >= 15 is 0 Å². The van der Waals surface area contributed by atoms with E-state index in [4.69, 9.17) is 10.00 Å². The first-order valence-electron chi connectivity index (χ1n) is 7.82. The van der Waals surface area contributed by atoms with Crippen molar-refractivity contribution in [2.75, 3.05) is 36.9 Å². The van der Waals surface area contributed by atoms with Crippen LogP contribution in [0.4, 0.5) is 17.3 Å². The van der Waals surface area contributed by atoms with Crippen molar-refractivity contribution in [3.63, 3.8) is 0 Å². The number of ether oxygens (including phenoxy) is 1. The molecule has 11 heteroatoms. The summed E-state index contributed by atoms with van der Waals surface area (Å²) in [5, 5.41) is 34.7. The zero-order valence-corrected chi connectivity index (χ0v) is 13.6. The smallest absolute Gasteiger partial charge is 0.358 e. The van der Waals surface area contributed by atoms with Crippen LogP contribution in [0.2, 0.25) is 0 Å². The van der Waals surface area contributed by atoms with E-state index in [1.807, 2.05) is 6.07 Å². The second-order valence-corrected chi connectivity index (χ2v) is 5.40. The van der Waals surface area contributed by atoms with Gasteiger partial charge in [-0.05, 0) is 0 Å². The average Bonchev–Trinajstić information content (AvgIpc) is 2.68. The van der Waals surface area contributed by atoms with Gasteiger partial charge in [-0.1, -0.05) is 0 Å². The Morgan fingerprint density at radius 3 is 2.92 bits per heavy atom. The Hall–Kier alpha value is -3.36. The molecule has 134 valence electrons. The largest absolute Gasteiger partial charge is 0.476 e. The normalized spacial score (nSPS) is 16.5. The summed E-state index contributed by atoms with van der Waals surface area (Å²) in [5.41, 5.74) is 0.308. The number of morpholine rings is 1. The molecule has 0 spiro atoms. The Balaban J connectivity index is 1.74. The van der Waals surface area contributed by atoms with E-state index in [0.717, 1.165) is 6.54 Å². The molecule has 1 aliphatic rings. The van der Waals surface area contributed by atoms with Gasteiger partial charge in [-0.2, -0.15) is 5.26 Å². The van der Waals surface area contributed by atoms with Crippen LogP contribution in [0.15, 0.2) is 18.5 Å². The molecule has 2 aromatic rings. The highest BCUT2D eigenvalue weighted by Crippen LogP contribution is 2.19. The van der Waals surface area contributed by atoms with Gasteiger partial charge in [0.2, 0.25) is 0 Å². The molecule has 11 nitrogen and oxygen atoms in total. The standard InChI is InChI=1S/C15H16N8O3/c16-4-9-5-20-13(8-18-9)21-12-3-11(14(15(24)25)23-22-12)19-7-10-6-17-1-2-26-10/h3,5,8,10,17H,1-2,6-7H2,(H,24,25)(H2,19,20,21,22). The number of aromatic carboxylic acids is 1. The predicted octanol–water partition coefficient (Wildman–Crippen LogP) is -0.0196. The minimum absolute atomic E-state index is 0.0700. The van der Waals surface area contributed by atoms with Gasteiger partial charge in [0.1, 0.15) is 11.9 Å². The van der Waals surface area contributed by atoms with E-state index in [0.29, 0.717) is 37.0 Å². The molecule has 2 aromatic heterocycles. The van der Waals surface area contributed by atoms with Gasteiger partial charge in [0, 0.05) is 25.7 Å². The summed E-state index contributed by atoms with van der Waals surface area (Å²) >= 11 is 0. The van der Waals surface area contributed by atoms with Gasteiger partial charge in [-0.15, -0.1) is 10.2 Å². The number of nitriles is 1. The van der Waals surface area contributed by atoms with Crippen molar-refractivity contribution < 1.29 is 14.6 Å². The molecule has 0 saturated carbocycles. The monoisotopic (exact) mass is 356 g/mol. The number of carbonyl (C=O) groups is 1. The third-order valence-corrected chi connectivity index (χ3v) is 3.54. The number of carboxylic acid groups (broad SMARTS) is 1. The first-order chi connectivity index (χ1) is 12.7. The lowest BCUT2D eigenvalue weighted by Gasteiger charge is -2.24. The first-order valence-corrected chi connectivity index (χ1v) is 7.82. The van der Waals surface area contributed by atoms with Crippen molar-refractivity contribution >= 4 is 23.3 Å². The lowest BCUT2D eigenvalue weighted by atomic mass is 10.2. The molecule has 0 radical (unpaired) electrons. The summed E-state index contributed by atoms with van der Waals surface area (Å²) in [5.74, 6) is -0.543. The van der Waals surface area contributed by atoms with E-state index in [-0.39, 0.29) is 17.5 Å². The van der Waals surface area contributed by atoms with Crippen LogP contribution in [0.25, 0.3) is 0 Å². The molecule has 3 rings (SSSR count). The number of aromatic nitrogens is 4. The first kappa shape index (κ1) is 17.5. The van der Waals surface area contributed by atoms with Crippen molar-refractivity contribution in [3.8, 4) is 6.07 Å². The van der Waals surface area contributed by atoms with E-state index in [1.54, 1.807) is 0 Å². The van der Waals surface area contributed by atoms with E-state index in [9.17, 15) is 9.90 Å². The summed E-state index contributed by atoms with van der Waals surface area (Å²) in [6, 6.07) is 3.39. The Labute approximate surface area is 148 Å². The van der Waals surface area contributed by atoms with Gasteiger partial charge in [0.15, 0.2) is 17.2 Å². The third-order valence-electron chi connectivity index (χ3n) is 3.54. The summed E-state index contributed by atoms with van der Waals surface area (Å²) in [6.45, 7) is 2.51. The molecule has 0 bridgehead atoms. The number of carboxylic acids is 1. The highest BCUT2D eigenvalue weighted by atomic mass is 16.5. The molecular formula is C15H16N8O3. The summed E-state index contributed by atoms with van der Waals surface area (Å²) in [6.07, 6.45) is 2.62. The molecule has 1 saturated heterocycles. The van der Waals surface area contributed by atoms with Gasteiger partial charge in [-0.25, -0.2) is 14.8 Å². The second-order valence-electron chi connectivity index (χ2n) is 5.40. The lowest BCUT2D eigenvalue weighted by Crippen LogP contribution is -2.42. The van der Waals surface area contributed by atoms with Gasteiger partial charge < -0.3 is 25.8 Å². The van der Waals surface area contributed by atoms with Crippen LogP contribution in [0.1, 0.15) is 16.2 Å². The topological polar surface area (TPSA) is 158 Å². The molecule has 3 heterocycles. The Morgan fingerprint density at radius 2 is 2.27 bits per heavy atom. The number of hydrogen-bond donors (Lipinski definition) is 4. The second kappa shape index (κ2) is 8.15. The molecule has 0 amide bonds. The van der Waals surface area contributed by atoms with E-state index < -0.39 is 5.97 Å². The quantitative estimate of drug-likeness (QED) is 0.551. The zero-order valence-electron chi connectivity index (χ0n) is 13.6. The highest BCUT2D eigenvalue weighted by Gasteiger charge is 2.18. The van der Waals surface area contributed by atoms with Crippen LogP contribution in [0, 0.1) is 11.3 Å². The minimum Gasteiger partial charge on any atom is -0.476 e. The van der Waals surface area contributed by atoms with E-state index in [2.05, 4.69) is 36.1 Å². The number of rotatable bonds is 6. The Kier molecular flexibility index (Phi) is 5.47. The summed E-state index contributed by atoms with van der Waals surface area (Å²) < 4.78 is 5.58. The fourth-order valence-electron chi connectivity index (χ4n) is 2.30. The molecule has 1 atom stereocenters. The predicted molar refractivity (Wildman–Crippen MR) is 90.1 cm³/mol. The van der Waals surface area contributed by atoms with Crippen LogP contribution in [0.5, 0.6) is 0 Å². The molecule has 1 unspecified atom stereocenters. The molecule has 0 aromatic carbocycles. The molecule has 1 fully saturated rings. The summed E-state index contributed by atoms with van der Waals surface area (Å²) in [7, 11) is 0. The minimum atomic E-state index is -1.19. The van der Waals surface area contributed by atoms with Crippen LogP contribution in [-0.2, 0) is 4.74 Å². The fraction of sp³-hybridized carbons (Fsp3) is 0.333. The SMILES string of the molecule is N#Cc1cnc(Nc2cc(NCC3CNCCO3)c(C(=O)O)nn2)cn1. The maximum Gasteiger partial charge on any atom is 0.358 e. The van der Waals surface area contributed by atoms with Gasteiger partial charge in [0.05, 0.1) is 30.8 Å². The zero-order chi connectivity index (χ0) is 18.4. The van der Waals surface area contributed by atoms with Crippen LogP contribution >= 0.6 is 0 Å². The molecule has 4 N–H and O–H groups in total. The third kappa shape index (κ3) is 4.38. The Bertz CT molecular complexity index is 815. The van der Waals surface area contributed by atoms with Crippen LogP contribution < -0.4 is 16.0 Å². The molecule has 0 aliphatic carbocycles. The maximum absolute atomic E-state index is 11.4. The molecular weight excluding hydrogens is 340 g/mol. The van der Waals surface area contributed by atoms with E-state index in [1.165, 1.54) is 18.5 Å². The van der Waals surface area contributed by atoms with Gasteiger partial charge >= 0.3 is 5.97 Å². The fourth-order valence-corrected chi connectivity index (χ4v) is 2.30. The van der Waals surface area contributed by atoms with Gasteiger partial charge in [0.25, 0.3) is 0 Å².